The van der Waals surface area contributed by atoms with Gasteiger partial charge in [-0.25, -0.2) is 24.7 Å². The van der Waals surface area contributed by atoms with Crippen molar-refractivity contribution in [1.82, 2.24) is 19.9 Å². The van der Waals surface area contributed by atoms with Gasteiger partial charge in [-0.05, 0) is 21.9 Å². The number of rotatable bonds is 3. The molecule has 8 nitrogen and oxygen atoms in total. The maximum atomic E-state index is 12.2. The van der Waals surface area contributed by atoms with Gasteiger partial charge in [-0.3, -0.25) is 0 Å². The molecule has 2 aromatic heterocycles. The topological polar surface area (TPSA) is 113 Å². The third kappa shape index (κ3) is 5.88. The molecule has 2 aromatic rings. The lowest BCUT2D eigenvalue weighted by molar-refractivity contribution is -0.154. The summed E-state index contributed by atoms with van der Waals surface area (Å²) < 4.78 is 45.7. The zero-order valence-electron chi connectivity index (χ0n) is 12.0. The molecule has 0 unspecified atom stereocenters. The number of amides is 1. The molecule has 0 aliphatic heterocycles. The van der Waals surface area contributed by atoms with Crippen LogP contribution in [0.25, 0.3) is 0 Å². The van der Waals surface area contributed by atoms with E-state index in [9.17, 15) is 18.0 Å². The van der Waals surface area contributed by atoms with E-state index >= 15 is 0 Å². The summed E-state index contributed by atoms with van der Waals surface area (Å²) in [6, 6.07) is -0.246. The van der Waals surface area contributed by atoms with Crippen LogP contribution in [-0.4, -0.2) is 38.8 Å². The number of nitrogens with two attached hydrogens (primary N) is 1. The quantitative estimate of drug-likeness (QED) is 0.757. The van der Waals surface area contributed by atoms with Crippen LogP contribution in [0.1, 0.15) is 11.3 Å². The van der Waals surface area contributed by atoms with Crippen molar-refractivity contribution in [3.05, 3.63) is 34.5 Å². The van der Waals surface area contributed by atoms with Crippen LogP contribution < -0.4 is 15.2 Å². The Morgan fingerprint density at radius 1 is 1.20 bits per heavy atom. The fourth-order valence-electron chi connectivity index (χ4n) is 1.35. The summed E-state index contributed by atoms with van der Waals surface area (Å²) in [6.07, 6.45) is -2.03. The van der Waals surface area contributed by atoms with Crippen LogP contribution in [0.2, 0.25) is 0 Å². The van der Waals surface area contributed by atoms with Gasteiger partial charge < -0.3 is 15.2 Å². The molecular formula is C13H7BrF3N5O3. The van der Waals surface area contributed by atoms with Crippen molar-refractivity contribution in [2.24, 2.45) is 5.73 Å². The highest BCUT2D eigenvalue weighted by molar-refractivity contribution is 9.10. The number of carbonyl (C=O) groups is 1. The Kier molecular flexibility index (Phi) is 5.71. The van der Waals surface area contributed by atoms with Crippen LogP contribution in [0.3, 0.4) is 0 Å². The Morgan fingerprint density at radius 2 is 1.88 bits per heavy atom. The zero-order valence-corrected chi connectivity index (χ0v) is 13.6. The smallest absolute Gasteiger partial charge is 0.422 e. The first-order chi connectivity index (χ1) is 11.7. The summed E-state index contributed by atoms with van der Waals surface area (Å²) in [7, 11) is 0. The van der Waals surface area contributed by atoms with Crippen LogP contribution in [-0.2, 0) is 0 Å². The number of ether oxygens (including phenoxy) is 2. The summed E-state index contributed by atoms with van der Waals surface area (Å²) >= 11 is 3.04. The van der Waals surface area contributed by atoms with Gasteiger partial charge in [-0.2, -0.15) is 13.2 Å². The van der Waals surface area contributed by atoms with E-state index in [2.05, 4.69) is 57.2 Å². The molecule has 2 N–H and O–H groups in total. The van der Waals surface area contributed by atoms with E-state index in [-0.39, 0.29) is 22.1 Å². The first-order valence-electron chi connectivity index (χ1n) is 6.26. The molecule has 0 bridgehead atoms. The monoisotopic (exact) mass is 417 g/mol. The molecule has 2 heterocycles. The van der Waals surface area contributed by atoms with Crippen molar-refractivity contribution in [2.75, 3.05) is 6.61 Å². The second-order valence-electron chi connectivity index (χ2n) is 4.17. The number of alkyl halides is 3. The molecule has 0 fully saturated rings. The Balaban J connectivity index is 2.15. The maximum Gasteiger partial charge on any atom is 0.422 e. The minimum atomic E-state index is -4.50. The van der Waals surface area contributed by atoms with E-state index in [0.717, 1.165) is 6.33 Å². The average Bonchev–Trinajstić information content (AvgIpc) is 2.53. The van der Waals surface area contributed by atoms with Crippen LogP contribution in [0.15, 0.2) is 23.2 Å². The molecule has 0 saturated heterocycles. The van der Waals surface area contributed by atoms with Crippen LogP contribution in [0.5, 0.6) is 11.9 Å². The highest BCUT2D eigenvalue weighted by atomic mass is 79.9. The van der Waals surface area contributed by atoms with Crippen molar-refractivity contribution in [3.63, 3.8) is 0 Å². The molecule has 0 aliphatic carbocycles. The van der Waals surface area contributed by atoms with Crippen molar-refractivity contribution in [2.45, 2.75) is 6.18 Å². The molecule has 0 aliphatic rings. The lowest BCUT2D eigenvalue weighted by Crippen LogP contribution is -2.20. The summed E-state index contributed by atoms with van der Waals surface area (Å²) in [5.41, 5.74) is 5.24. The highest BCUT2D eigenvalue weighted by Crippen LogP contribution is 2.26. The lowest BCUT2D eigenvalue weighted by Gasteiger charge is -2.09. The molecule has 2 rings (SSSR count). The summed E-state index contributed by atoms with van der Waals surface area (Å²) in [5, 5.41) is 0. The van der Waals surface area contributed by atoms with Gasteiger partial charge in [0.15, 0.2) is 6.61 Å². The fourth-order valence-corrected chi connectivity index (χ4v) is 1.76. The van der Waals surface area contributed by atoms with Crippen molar-refractivity contribution in [3.8, 4) is 23.7 Å². The molecule has 25 heavy (non-hydrogen) atoms. The van der Waals surface area contributed by atoms with Crippen molar-refractivity contribution >= 4 is 22.0 Å². The van der Waals surface area contributed by atoms with Gasteiger partial charge in [0, 0.05) is 12.4 Å². The molecule has 0 saturated carbocycles. The number of aromatic nitrogens is 4. The Bertz CT molecular complexity index is 834. The number of primary amides is 1. The van der Waals surface area contributed by atoms with Gasteiger partial charge in [0.25, 0.3) is 0 Å². The molecular weight excluding hydrogens is 411 g/mol. The molecule has 0 aromatic carbocycles. The van der Waals surface area contributed by atoms with Gasteiger partial charge >= 0.3 is 18.3 Å². The second-order valence-corrected chi connectivity index (χ2v) is 4.96. The average molecular weight is 418 g/mol. The minimum absolute atomic E-state index is 0.0707. The number of halogens is 4. The van der Waals surface area contributed by atoms with Gasteiger partial charge in [-0.15, -0.1) is 0 Å². The van der Waals surface area contributed by atoms with Gasteiger partial charge in [0.05, 0.1) is 5.56 Å². The van der Waals surface area contributed by atoms with Crippen molar-refractivity contribution < 1.29 is 27.4 Å². The minimum Gasteiger partial charge on any atom is -0.467 e. The number of hydrogen-bond acceptors (Lipinski definition) is 7. The molecule has 0 radical (unpaired) electrons. The van der Waals surface area contributed by atoms with E-state index in [4.69, 9.17) is 5.73 Å². The van der Waals surface area contributed by atoms with Crippen LogP contribution in [0, 0.1) is 11.8 Å². The lowest BCUT2D eigenvalue weighted by atomic mass is 10.3. The third-order valence-corrected chi connectivity index (χ3v) is 2.99. The Morgan fingerprint density at radius 3 is 2.48 bits per heavy atom. The molecule has 12 heteroatoms. The van der Waals surface area contributed by atoms with Gasteiger partial charge in [-0.1, -0.05) is 5.92 Å². The molecule has 0 atom stereocenters. The fraction of sp³-hybridized carbons (Fsp3) is 0.154. The van der Waals surface area contributed by atoms with E-state index < -0.39 is 18.9 Å². The Hall–Kier alpha value is -2.94. The van der Waals surface area contributed by atoms with Gasteiger partial charge in [0.2, 0.25) is 5.88 Å². The molecule has 0 spiro atoms. The number of carbonyl (C=O) groups excluding carboxylic acids is 1. The standard InChI is InChI=1S/C13H7BrF3N5O3/c14-9-8(21-6-22-10(9)24-5-13(15,16)17)2-1-7-3-19-12(20-4-7)25-11(18)23/h3-4,6H,5H2,(H2,18,23). The number of hydrogen-bond donors (Lipinski definition) is 1. The maximum absolute atomic E-state index is 12.2. The van der Waals surface area contributed by atoms with E-state index in [1.165, 1.54) is 12.4 Å². The summed E-state index contributed by atoms with van der Waals surface area (Å²) in [4.78, 5) is 25.4. The SMILES string of the molecule is NC(=O)Oc1ncc(C#Cc2ncnc(OCC(F)(F)F)c2Br)cn1. The third-order valence-electron chi connectivity index (χ3n) is 2.28. The number of nitrogens with zero attached hydrogens (tertiary/aromatic N) is 4. The molecule has 130 valence electrons. The summed E-state index contributed by atoms with van der Waals surface area (Å²) in [5.74, 6) is 4.95. The summed E-state index contributed by atoms with van der Waals surface area (Å²) in [6.45, 7) is -1.50. The first-order valence-corrected chi connectivity index (χ1v) is 7.05. The largest absolute Gasteiger partial charge is 0.467 e. The van der Waals surface area contributed by atoms with E-state index in [1.807, 2.05) is 0 Å². The van der Waals surface area contributed by atoms with E-state index in [0.29, 0.717) is 5.56 Å². The predicted molar refractivity (Wildman–Crippen MR) is 79.5 cm³/mol. The van der Waals surface area contributed by atoms with Crippen molar-refractivity contribution in [1.29, 1.82) is 0 Å². The molecule has 1 amide bonds. The highest BCUT2D eigenvalue weighted by Gasteiger charge is 2.29. The van der Waals surface area contributed by atoms with Crippen LogP contribution >= 0.6 is 15.9 Å². The predicted octanol–water partition coefficient (Wildman–Crippen LogP) is 1.83. The zero-order chi connectivity index (χ0) is 18.4. The first kappa shape index (κ1) is 18.4. The second kappa shape index (κ2) is 7.75. The van der Waals surface area contributed by atoms with Crippen LogP contribution in [0.4, 0.5) is 18.0 Å². The van der Waals surface area contributed by atoms with Gasteiger partial charge in [0.1, 0.15) is 16.5 Å². The van der Waals surface area contributed by atoms with E-state index in [1.54, 1.807) is 0 Å². The Labute approximate surface area is 146 Å². The normalized spacial score (nSPS) is 10.6.